The summed E-state index contributed by atoms with van der Waals surface area (Å²) in [7, 11) is 0. The summed E-state index contributed by atoms with van der Waals surface area (Å²) in [5, 5.41) is 2.55. The van der Waals surface area contributed by atoms with E-state index in [1.54, 1.807) is 0 Å². The number of hydrogen-bond acceptors (Lipinski definition) is 3. The first-order valence-corrected chi connectivity index (χ1v) is 31.7. The molecule has 13 aromatic carbocycles. The quantitative estimate of drug-likeness (QED) is 0.175. The van der Waals surface area contributed by atoms with Gasteiger partial charge in [0.1, 0.15) is 0 Å². The zero-order valence-electron chi connectivity index (χ0n) is 49.0. The lowest BCUT2D eigenvalue weighted by molar-refractivity contribution is 0.737. The molecule has 2 unspecified atom stereocenters. The minimum atomic E-state index is -0.451. The molecule has 0 bridgehead atoms. The molecular weight excluding hydrogens is 1090 g/mol. The van der Waals surface area contributed by atoms with Crippen LogP contribution in [0.1, 0.15) is 61.6 Å². The molecule has 0 fully saturated rings. The van der Waals surface area contributed by atoms with Crippen molar-refractivity contribution in [2.45, 2.75) is 22.8 Å². The van der Waals surface area contributed by atoms with Crippen LogP contribution in [-0.2, 0) is 10.8 Å². The Labute approximate surface area is 522 Å². The summed E-state index contributed by atoms with van der Waals surface area (Å²) in [5.74, 6) is 0.0977. The Hall–Kier alpha value is -11.5. The molecule has 2 atom stereocenters. The van der Waals surface area contributed by atoms with Crippen molar-refractivity contribution >= 4 is 78.6 Å². The summed E-state index contributed by atoms with van der Waals surface area (Å²) in [5.41, 5.74) is 34.7. The minimum absolute atomic E-state index is 0.0496. The van der Waals surface area contributed by atoms with Crippen molar-refractivity contribution in [3.05, 3.63) is 371 Å². The van der Waals surface area contributed by atoms with E-state index < -0.39 is 10.8 Å². The number of hydrogen-bond donors (Lipinski definition) is 0. The molecule has 0 amide bonds. The van der Waals surface area contributed by atoms with Gasteiger partial charge in [0, 0.05) is 39.4 Å². The lowest BCUT2D eigenvalue weighted by atomic mass is 9.64. The van der Waals surface area contributed by atoms with Gasteiger partial charge >= 0.3 is 0 Å². The summed E-state index contributed by atoms with van der Waals surface area (Å²) in [4.78, 5) is 7.68. The Morgan fingerprint density at radius 2 is 0.689 bits per heavy atom. The van der Waals surface area contributed by atoms with Gasteiger partial charge in [0.25, 0.3) is 0 Å². The van der Waals surface area contributed by atoms with Crippen molar-refractivity contribution in [2.75, 3.05) is 14.7 Å². The molecule has 5 heterocycles. The monoisotopic (exact) mass is 1140 g/mol. The largest absolute Gasteiger partial charge is 0.329 e. The van der Waals surface area contributed by atoms with Gasteiger partial charge in [-0.1, -0.05) is 243 Å². The molecule has 90 heavy (non-hydrogen) atoms. The molecule has 0 saturated heterocycles. The molecule has 418 valence electrons. The fraction of sp³-hybridized carbons (Fsp3) is 0.0465. The molecule has 4 aliphatic heterocycles. The van der Waals surface area contributed by atoms with E-state index in [1.165, 1.54) is 156 Å². The smallest absolute Gasteiger partial charge is 0.0857 e. The topological polar surface area (TPSA) is 14.7 Å². The summed E-state index contributed by atoms with van der Waals surface area (Å²) in [6.07, 6.45) is 4.88. The maximum absolute atomic E-state index is 2.68. The molecule has 2 spiro atoms. The van der Waals surface area contributed by atoms with Crippen LogP contribution in [0.3, 0.4) is 0 Å². The van der Waals surface area contributed by atoms with Crippen molar-refractivity contribution < 1.29 is 0 Å². The van der Waals surface area contributed by atoms with Gasteiger partial charge in [-0.3, -0.25) is 0 Å². The maximum Gasteiger partial charge on any atom is 0.0857 e. The first-order chi connectivity index (χ1) is 44.7. The van der Waals surface area contributed by atoms with Gasteiger partial charge in [-0.2, -0.15) is 0 Å². The summed E-state index contributed by atoms with van der Waals surface area (Å²) < 4.78 is 2.62. The van der Waals surface area contributed by atoms with Crippen LogP contribution in [0.5, 0.6) is 0 Å². The highest BCUT2D eigenvalue weighted by Crippen LogP contribution is 2.66. The van der Waals surface area contributed by atoms with Crippen molar-refractivity contribution in [3.63, 3.8) is 0 Å². The number of nitrogens with zero attached hydrogens (tertiary/aromatic N) is 4. The van der Waals surface area contributed by atoms with Gasteiger partial charge < -0.3 is 19.3 Å². The van der Waals surface area contributed by atoms with E-state index in [0.717, 1.165) is 11.4 Å². The van der Waals surface area contributed by atoms with Crippen molar-refractivity contribution in [1.82, 2.24) is 4.57 Å². The van der Waals surface area contributed by atoms with Crippen LogP contribution in [0, 0.1) is 0 Å². The molecule has 4 heteroatoms. The van der Waals surface area contributed by atoms with Gasteiger partial charge in [0.15, 0.2) is 0 Å². The number of aromatic nitrogens is 1. The van der Waals surface area contributed by atoms with Crippen LogP contribution in [-0.4, -0.2) is 10.6 Å². The third kappa shape index (κ3) is 5.88. The third-order valence-corrected chi connectivity index (χ3v) is 21.5. The lowest BCUT2D eigenvalue weighted by Crippen LogP contribution is -2.38. The van der Waals surface area contributed by atoms with Gasteiger partial charge in [-0.15, -0.1) is 0 Å². The van der Waals surface area contributed by atoms with E-state index in [2.05, 4.69) is 335 Å². The van der Waals surface area contributed by atoms with Crippen molar-refractivity contribution in [1.29, 1.82) is 0 Å². The SMILES string of the molecule is C1=C(c2ccc(N3c4ccccc4C4(c5ccccc5-c5ccccc54)c4ccccc43)cc2)C2c3ccccc3N3c4ccc(-c5ccc(N6c7ccccc7C7(c8ccccc8-c8ccccc87)c7ccccc76)cc5)c5c6ccccc6n(c45)C(=C1)C23. The number of anilines is 8. The number of fused-ring (bicyclic) bond motifs is 26. The van der Waals surface area contributed by atoms with E-state index in [4.69, 9.17) is 0 Å². The fourth-order valence-corrected chi connectivity index (χ4v) is 18.3. The predicted octanol–water partition coefficient (Wildman–Crippen LogP) is 21.3. The Morgan fingerprint density at radius 3 is 1.18 bits per heavy atom. The Balaban J connectivity index is 0.680. The lowest BCUT2D eigenvalue weighted by Gasteiger charge is -2.45. The summed E-state index contributed by atoms with van der Waals surface area (Å²) >= 11 is 0. The molecule has 14 aromatic rings. The molecular formula is C86H54N4. The van der Waals surface area contributed by atoms with E-state index in [1.807, 2.05) is 0 Å². The average molecular weight is 1140 g/mol. The normalized spacial score (nSPS) is 17.1. The van der Waals surface area contributed by atoms with Crippen molar-refractivity contribution in [2.24, 2.45) is 0 Å². The number of rotatable bonds is 4. The zero-order chi connectivity index (χ0) is 58.6. The zero-order valence-corrected chi connectivity index (χ0v) is 49.0. The van der Waals surface area contributed by atoms with Gasteiger partial charge in [0.05, 0.1) is 56.3 Å². The number of benzene rings is 13. The minimum Gasteiger partial charge on any atom is -0.329 e. The van der Waals surface area contributed by atoms with E-state index in [9.17, 15) is 0 Å². The van der Waals surface area contributed by atoms with Gasteiger partial charge in [0.2, 0.25) is 0 Å². The highest BCUT2D eigenvalue weighted by molar-refractivity contribution is 6.22. The molecule has 7 aliphatic rings. The van der Waals surface area contributed by atoms with E-state index >= 15 is 0 Å². The van der Waals surface area contributed by atoms with Gasteiger partial charge in [-0.05, 0) is 167 Å². The summed E-state index contributed by atoms with van der Waals surface area (Å²) in [6.45, 7) is 0. The second-order valence-corrected chi connectivity index (χ2v) is 25.3. The number of allylic oxidation sites excluding steroid dienone is 2. The van der Waals surface area contributed by atoms with Gasteiger partial charge in [-0.25, -0.2) is 0 Å². The Morgan fingerprint density at radius 1 is 0.289 bits per heavy atom. The van der Waals surface area contributed by atoms with E-state index in [-0.39, 0.29) is 12.0 Å². The molecule has 3 aliphatic carbocycles. The van der Waals surface area contributed by atoms with Crippen LogP contribution in [0.15, 0.2) is 315 Å². The van der Waals surface area contributed by atoms with E-state index in [0.29, 0.717) is 0 Å². The highest BCUT2D eigenvalue weighted by atomic mass is 15.3. The molecule has 0 N–H and O–H groups in total. The molecule has 0 saturated carbocycles. The average Bonchev–Trinajstić information content (AvgIpc) is 1.47. The second kappa shape index (κ2) is 17.6. The molecule has 21 rings (SSSR count). The first kappa shape index (κ1) is 48.6. The maximum atomic E-state index is 2.68. The van der Waals surface area contributed by atoms with Crippen LogP contribution in [0.25, 0.3) is 66.5 Å². The standard InChI is InChI=1S/C86H54N4/c1-7-27-65-59(21-1)60-22-2-8-28-66(60)85(65)69-31-11-17-37-75(69)87(76-38-18-12-32-70(76)85)55-45-41-53(42-46-55)57-49-51-79-83-81(57)63-25-5-15-35-73(63)89(83)80-52-50-58(82-64-26-6-16-36-74(64)90(79)84(80)82)54-43-47-56(48-44-54)88-77-39-19-13-33-71(77)86(72-34-14-20-40-78(72)88)67-29-9-3-23-61(67)62-24-4-10-30-68(62)86/h1-52,81,83H. The fourth-order valence-electron chi connectivity index (χ4n) is 18.3. The van der Waals surface area contributed by atoms with Crippen LogP contribution in [0.2, 0.25) is 0 Å². The summed E-state index contributed by atoms with van der Waals surface area (Å²) in [6, 6.07) is 115. The van der Waals surface area contributed by atoms with Crippen LogP contribution in [0.4, 0.5) is 45.5 Å². The molecule has 1 aromatic heterocycles. The molecule has 0 radical (unpaired) electrons. The Bertz CT molecular complexity index is 5350. The predicted molar refractivity (Wildman–Crippen MR) is 370 cm³/mol. The second-order valence-electron chi connectivity index (χ2n) is 25.3. The van der Waals surface area contributed by atoms with Crippen LogP contribution < -0.4 is 14.7 Å². The van der Waals surface area contributed by atoms with Crippen LogP contribution >= 0.6 is 0 Å². The third-order valence-electron chi connectivity index (χ3n) is 21.5. The first-order valence-electron chi connectivity index (χ1n) is 31.7. The van der Waals surface area contributed by atoms with Crippen molar-refractivity contribution in [3.8, 4) is 33.4 Å². The molecule has 4 nitrogen and oxygen atoms in total. The Kier molecular flexibility index (Phi) is 9.52. The highest BCUT2D eigenvalue weighted by Gasteiger charge is 2.54. The number of para-hydroxylation sites is 6.